The van der Waals surface area contributed by atoms with Crippen molar-refractivity contribution in [2.45, 2.75) is 19.4 Å². The minimum absolute atomic E-state index is 0.128. The number of benzene rings is 1. The first-order valence-electron chi connectivity index (χ1n) is 6.20. The van der Waals surface area contributed by atoms with Gasteiger partial charge in [0.1, 0.15) is 5.69 Å². The number of nitrogens with zero attached hydrogens (tertiary/aromatic N) is 2. The Kier molecular flexibility index (Phi) is 2.99. The number of hydrogen-bond acceptors (Lipinski definition) is 2. The van der Waals surface area contributed by atoms with E-state index in [0.29, 0.717) is 10.7 Å². The van der Waals surface area contributed by atoms with Gasteiger partial charge in [-0.05, 0) is 37.1 Å². The second-order valence-electron chi connectivity index (χ2n) is 4.69. The van der Waals surface area contributed by atoms with Crippen LogP contribution in [0, 0.1) is 0 Å². The summed E-state index contributed by atoms with van der Waals surface area (Å²) in [5.41, 5.74) is 2.46. The quantitative estimate of drug-likeness (QED) is 0.798. The summed E-state index contributed by atoms with van der Waals surface area (Å²) in [5.74, 6) is -0.136. The van der Waals surface area contributed by atoms with E-state index in [1.807, 2.05) is 25.1 Å². The maximum absolute atomic E-state index is 12.6. The number of carbonyl (C=O) groups is 1. The lowest BCUT2D eigenvalue weighted by Crippen LogP contribution is -2.36. The largest absolute Gasteiger partial charge is 0.304 e. The Hall–Kier alpha value is -1.87. The van der Waals surface area contributed by atoms with Gasteiger partial charge in [0.2, 0.25) is 0 Å². The molecule has 0 saturated heterocycles. The molecule has 3 rings (SSSR count). The zero-order valence-corrected chi connectivity index (χ0v) is 11.3. The molecule has 1 aromatic carbocycles. The molecule has 0 N–H and O–H groups in total. The zero-order chi connectivity index (χ0) is 13.4. The molecule has 0 saturated carbocycles. The van der Waals surface area contributed by atoms with Gasteiger partial charge in [-0.1, -0.05) is 29.8 Å². The van der Waals surface area contributed by atoms with Crippen molar-refractivity contribution in [3.05, 3.63) is 58.9 Å². The molecule has 1 unspecified atom stereocenters. The first-order chi connectivity index (χ1) is 9.18. The van der Waals surface area contributed by atoms with Crippen molar-refractivity contribution in [2.75, 3.05) is 4.90 Å². The van der Waals surface area contributed by atoms with Crippen LogP contribution in [0.4, 0.5) is 5.69 Å². The van der Waals surface area contributed by atoms with E-state index in [2.05, 4.69) is 11.1 Å². The number of rotatable bonds is 1. The van der Waals surface area contributed by atoms with Gasteiger partial charge in [-0.15, -0.1) is 0 Å². The lowest BCUT2D eigenvalue weighted by Gasteiger charge is -2.22. The lowest BCUT2D eigenvalue weighted by molar-refractivity contribution is 0.0977. The van der Waals surface area contributed by atoms with E-state index in [0.717, 1.165) is 12.1 Å². The summed E-state index contributed by atoms with van der Waals surface area (Å²) in [4.78, 5) is 18.5. The number of aromatic nitrogens is 1. The number of hydrogen-bond donors (Lipinski definition) is 0. The lowest BCUT2D eigenvalue weighted by atomic mass is 10.1. The Morgan fingerprint density at radius 2 is 2.11 bits per heavy atom. The van der Waals surface area contributed by atoms with Crippen molar-refractivity contribution in [1.29, 1.82) is 0 Å². The van der Waals surface area contributed by atoms with Gasteiger partial charge in [0.15, 0.2) is 0 Å². The molecule has 4 heteroatoms. The third-order valence-corrected chi connectivity index (χ3v) is 3.69. The SMILES string of the molecule is CC1Cc2ccccc2N1C(=O)c1ncccc1Cl. The van der Waals surface area contributed by atoms with E-state index in [4.69, 9.17) is 11.6 Å². The Morgan fingerprint density at radius 1 is 1.32 bits per heavy atom. The molecule has 96 valence electrons. The highest BCUT2D eigenvalue weighted by atomic mass is 35.5. The molecule has 0 radical (unpaired) electrons. The molecule has 0 bridgehead atoms. The third-order valence-electron chi connectivity index (χ3n) is 3.39. The van der Waals surface area contributed by atoms with Crippen molar-refractivity contribution in [1.82, 2.24) is 4.98 Å². The number of carbonyl (C=O) groups excluding carboxylic acids is 1. The topological polar surface area (TPSA) is 33.2 Å². The Labute approximate surface area is 116 Å². The van der Waals surface area contributed by atoms with Gasteiger partial charge in [0.05, 0.1) is 5.02 Å². The van der Waals surface area contributed by atoms with Crippen LogP contribution in [0.2, 0.25) is 5.02 Å². The Balaban J connectivity index is 2.03. The number of fused-ring (bicyclic) bond motifs is 1. The van der Waals surface area contributed by atoms with E-state index in [-0.39, 0.29) is 11.9 Å². The fourth-order valence-electron chi connectivity index (χ4n) is 2.53. The van der Waals surface area contributed by atoms with Crippen molar-refractivity contribution in [3.63, 3.8) is 0 Å². The molecule has 1 amide bonds. The normalized spacial score (nSPS) is 17.4. The smallest absolute Gasteiger partial charge is 0.278 e. The molecule has 0 aliphatic carbocycles. The molecule has 3 nitrogen and oxygen atoms in total. The van der Waals surface area contributed by atoms with E-state index in [1.165, 1.54) is 5.56 Å². The number of para-hydroxylation sites is 1. The van der Waals surface area contributed by atoms with Crippen LogP contribution < -0.4 is 4.90 Å². The number of amides is 1. The van der Waals surface area contributed by atoms with E-state index >= 15 is 0 Å². The Bertz CT molecular complexity index is 642. The first kappa shape index (κ1) is 12.2. The van der Waals surface area contributed by atoms with Crippen LogP contribution in [0.25, 0.3) is 0 Å². The second-order valence-corrected chi connectivity index (χ2v) is 5.10. The number of pyridine rings is 1. The standard InChI is InChI=1S/C15H13ClN2O/c1-10-9-11-5-2-3-7-13(11)18(10)15(19)14-12(16)6-4-8-17-14/h2-8,10H,9H2,1H3. The predicted octanol–water partition coefficient (Wildman–Crippen LogP) is 3.33. The fourth-order valence-corrected chi connectivity index (χ4v) is 2.73. The molecule has 1 aromatic heterocycles. The zero-order valence-electron chi connectivity index (χ0n) is 10.5. The fraction of sp³-hybridized carbons (Fsp3) is 0.200. The summed E-state index contributed by atoms with van der Waals surface area (Å²) in [6.45, 7) is 2.04. The van der Waals surface area contributed by atoms with Crippen LogP contribution in [0.5, 0.6) is 0 Å². The summed E-state index contributed by atoms with van der Waals surface area (Å²) >= 11 is 6.06. The van der Waals surface area contributed by atoms with Crippen molar-refractivity contribution in [3.8, 4) is 0 Å². The van der Waals surface area contributed by atoms with Crippen molar-refractivity contribution < 1.29 is 4.79 Å². The van der Waals surface area contributed by atoms with Gasteiger partial charge in [0, 0.05) is 17.9 Å². The van der Waals surface area contributed by atoms with Crippen LogP contribution in [0.3, 0.4) is 0 Å². The minimum Gasteiger partial charge on any atom is -0.304 e. The van der Waals surface area contributed by atoms with Gasteiger partial charge in [0.25, 0.3) is 5.91 Å². The van der Waals surface area contributed by atoms with Gasteiger partial charge < -0.3 is 4.90 Å². The maximum Gasteiger partial charge on any atom is 0.278 e. The summed E-state index contributed by atoms with van der Waals surface area (Å²) < 4.78 is 0. The molecule has 1 atom stereocenters. The molecule has 1 aliphatic heterocycles. The highest BCUT2D eigenvalue weighted by Gasteiger charge is 2.32. The highest BCUT2D eigenvalue weighted by molar-refractivity contribution is 6.34. The molecular weight excluding hydrogens is 260 g/mol. The predicted molar refractivity (Wildman–Crippen MR) is 75.7 cm³/mol. The highest BCUT2D eigenvalue weighted by Crippen LogP contribution is 2.33. The summed E-state index contributed by atoms with van der Waals surface area (Å²) in [6, 6.07) is 11.5. The van der Waals surface area contributed by atoms with Crippen LogP contribution in [-0.4, -0.2) is 16.9 Å². The monoisotopic (exact) mass is 272 g/mol. The van der Waals surface area contributed by atoms with Gasteiger partial charge in [-0.3, -0.25) is 4.79 Å². The average molecular weight is 273 g/mol. The molecular formula is C15H13ClN2O. The summed E-state index contributed by atoms with van der Waals surface area (Å²) in [7, 11) is 0. The molecule has 0 fully saturated rings. The Morgan fingerprint density at radius 3 is 2.89 bits per heavy atom. The second kappa shape index (κ2) is 4.67. The minimum atomic E-state index is -0.136. The molecule has 19 heavy (non-hydrogen) atoms. The summed E-state index contributed by atoms with van der Waals surface area (Å²) in [5, 5.41) is 0.393. The molecule has 0 spiro atoms. The van der Waals surface area contributed by atoms with Crippen LogP contribution >= 0.6 is 11.6 Å². The summed E-state index contributed by atoms with van der Waals surface area (Å²) in [6.07, 6.45) is 2.46. The van der Waals surface area contributed by atoms with Crippen molar-refractivity contribution >= 4 is 23.2 Å². The van der Waals surface area contributed by atoms with E-state index in [9.17, 15) is 4.79 Å². The molecule has 2 aromatic rings. The first-order valence-corrected chi connectivity index (χ1v) is 6.58. The van der Waals surface area contributed by atoms with E-state index in [1.54, 1.807) is 23.2 Å². The van der Waals surface area contributed by atoms with Crippen LogP contribution in [-0.2, 0) is 6.42 Å². The van der Waals surface area contributed by atoms with Crippen LogP contribution in [0.15, 0.2) is 42.6 Å². The maximum atomic E-state index is 12.6. The van der Waals surface area contributed by atoms with Gasteiger partial charge in [-0.2, -0.15) is 0 Å². The van der Waals surface area contributed by atoms with Crippen LogP contribution in [0.1, 0.15) is 23.0 Å². The number of anilines is 1. The van der Waals surface area contributed by atoms with Gasteiger partial charge >= 0.3 is 0 Å². The molecule has 1 aliphatic rings. The van der Waals surface area contributed by atoms with Gasteiger partial charge in [-0.25, -0.2) is 4.98 Å². The molecule has 2 heterocycles. The third kappa shape index (κ3) is 2.00. The average Bonchev–Trinajstić information content (AvgIpc) is 2.74. The van der Waals surface area contributed by atoms with Crippen molar-refractivity contribution in [2.24, 2.45) is 0 Å². The number of halogens is 1. The van der Waals surface area contributed by atoms with E-state index < -0.39 is 0 Å².